The Labute approximate surface area is 189 Å². The van der Waals surface area contributed by atoms with Crippen LogP contribution in [0.2, 0.25) is 5.02 Å². The van der Waals surface area contributed by atoms with Gasteiger partial charge in [-0.2, -0.15) is 4.31 Å². The van der Waals surface area contributed by atoms with Crippen LogP contribution >= 0.6 is 11.6 Å². The molecule has 172 valence electrons. The molecule has 0 saturated carbocycles. The molecular formula is C19H22ClN5O6S. The second kappa shape index (κ2) is 10.2. The molecule has 1 aliphatic rings. The summed E-state index contributed by atoms with van der Waals surface area (Å²) in [5.74, 6) is -1.02. The van der Waals surface area contributed by atoms with Gasteiger partial charge in [0, 0.05) is 38.2 Å². The summed E-state index contributed by atoms with van der Waals surface area (Å²) in [5.41, 5.74) is -0.357. The highest BCUT2D eigenvalue weighted by Crippen LogP contribution is 2.28. The fourth-order valence-electron chi connectivity index (χ4n) is 2.98. The number of ether oxygens (including phenoxy) is 1. The number of amides is 2. The second-order valence-electron chi connectivity index (χ2n) is 6.99. The molecule has 11 nitrogen and oxygen atoms in total. The van der Waals surface area contributed by atoms with Gasteiger partial charge in [-0.3, -0.25) is 14.2 Å². The van der Waals surface area contributed by atoms with Crippen LogP contribution in [0.4, 0.5) is 5.69 Å². The van der Waals surface area contributed by atoms with E-state index in [1.807, 2.05) is 0 Å². The Kier molecular flexibility index (Phi) is 7.61. The molecule has 2 aromatic rings. The third-order valence-electron chi connectivity index (χ3n) is 4.70. The van der Waals surface area contributed by atoms with Gasteiger partial charge in [-0.1, -0.05) is 11.6 Å². The van der Waals surface area contributed by atoms with Crippen molar-refractivity contribution in [1.82, 2.24) is 18.8 Å². The number of nitrogens with zero attached hydrogens (tertiary/aromatic N) is 4. The van der Waals surface area contributed by atoms with E-state index in [1.54, 1.807) is 0 Å². The van der Waals surface area contributed by atoms with Crippen LogP contribution in [0.25, 0.3) is 0 Å². The number of rotatable bonds is 7. The molecule has 0 bridgehead atoms. The number of carbonyl (C=O) groups excluding carboxylic acids is 2. The molecule has 13 heteroatoms. The van der Waals surface area contributed by atoms with E-state index in [9.17, 15) is 22.8 Å². The number of anilines is 1. The molecule has 0 atom stereocenters. The van der Waals surface area contributed by atoms with E-state index in [0.717, 1.165) is 9.47 Å². The average molecular weight is 484 g/mol. The van der Waals surface area contributed by atoms with Crippen molar-refractivity contribution in [2.24, 2.45) is 0 Å². The summed E-state index contributed by atoms with van der Waals surface area (Å²) in [6, 6.07) is 5.65. The topological polar surface area (TPSA) is 131 Å². The lowest BCUT2D eigenvalue weighted by molar-refractivity contribution is -0.133. The number of carbonyl (C=O) groups is 2. The second-order valence-corrected chi connectivity index (χ2v) is 9.30. The molecule has 3 rings (SSSR count). The third kappa shape index (κ3) is 5.71. The summed E-state index contributed by atoms with van der Waals surface area (Å²) in [4.78, 5) is 40.9. The third-order valence-corrected chi connectivity index (χ3v) is 7.08. The van der Waals surface area contributed by atoms with Crippen LogP contribution in [0.3, 0.4) is 0 Å². The van der Waals surface area contributed by atoms with Crippen molar-refractivity contribution in [3.8, 4) is 0 Å². The Hall–Kier alpha value is -2.80. The molecular weight excluding hydrogens is 462 g/mol. The summed E-state index contributed by atoms with van der Waals surface area (Å²) in [7, 11) is -2.44. The van der Waals surface area contributed by atoms with E-state index in [2.05, 4.69) is 10.3 Å². The molecule has 0 spiro atoms. The van der Waals surface area contributed by atoms with Crippen LogP contribution in [-0.2, 0) is 30.9 Å². The first-order valence-corrected chi connectivity index (χ1v) is 11.4. The lowest BCUT2D eigenvalue weighted by Gasteiger charge is -2.26. The summed E-state index contributed by atoms with van der Waals surface area (Å²) in [6.45, 7) is 0.434. The average Bonchev–Trinajstić information content (AvgIpc) is 2.77. The number of likely N-dealkylation sites (N-methyl/N-ethyl adjacent to an activating group) is 1. The summed E-state index contributed by atoms with van der Waals surface area (Å²) in [6.07, 6.45) is 2.74. The van der Waals surface area contributed by atoms with Crippen LogP contribution in [0.15, 0.2) is 46.3 Å². The predicted molar refractivity (Wildman–Crippen MR) is 116 cm³/mol. The van der Waals surface area contributed by atoms with Gasteiger partial charge in [0.25, 0.3) is 0 Å². The van der Waals surface area contributed by atoms with Crippen LogP contribution in [0, 0.1) is 0 Å². The minimum absolute atomic E-state index is 0.0312. The van der Waals surface area contributed by atoms with Crippen LogP contribution in [0.1, 0.15) is 0 Å². The highest BCUT2D eigenvalue weighted by Gasteiger charge is 2.28. The van der Waals surface area contributed by atoms with E-state index >= 15 is 0 Å². The number of aromatic nitrogens is 2. The number of hydrogen-bond donors (Lipinski definition) is 1. The lowest BCUT2D eigenvalue weighted by atomic mass is 10.3. The first-order valence-electron chi connectivity index (χ1n) is 9.61. The molecule has 0 aliphatic carbocycles. The fraction of sp³-hybridized carbons (Fsp3) is 0.368. The molecule has 0 unspecified atom stereocenters. The molecule has 1 N–H and O–H groups in total. The zero-order valence-electron chi connectivity index (χ0n) is 17.2. The molecule has 0 radical (unpaired) electrons. The van der Waals surface area contributed by atoms with Crippen molar-refractivity contribution in [2.75, 3.05) is 45.2 Å². The Morgan fingerprint density at radius 1 is 1.28 bits per heavy atom. The predicted octanol–water partition coefficient (Wildman–Crippen LogP) is 0.0147. The van der Waals surface area contributed by atoms with Crippen molar-refractivity contribution in [2.45, 2.75) is 11.4 Å². The maximum absolute atomic E-state index is 12.9. The number of sulfonamides is 1. The number of morpholine rings is 1. The number of nitrogens with one attached hydrogen (secondary N) is 1. The fourth-order valence-corrected chi connectivity index (χ4v) is 4.89. The zero-order valence-corrected chi connectivity index (χ0v) is 18.8. The van der Waals surface area contributed by atoms with Gasteiger partial charge in [-0.25, -0.2) is 18.2 Å². The van der Waals surface area contributed by atoms with Gasteiger partial charge in [0.15, 0.2) is 0 Å². The molecule has 1 fully saturated rings. The largest absolute Gasteiger partial charge is 0.379 e. The highest BCUT2D eigenvalue weighted by molar-refractivity contribution is 7.89. The molecule has 1 aliphatic heterocycles. The standard InChI is InChI=1S/C19H22ClN5O6S/c1-23(18(27)13-24-6-2-5-21-19(24)28)12-17(26)22-14-3-4-15(20)16(11-14)32(29,30)25-7-9-31-10-8-25/h2-6,11H,7-10,12-13H2,1H3,(H,22,26). The smallest absolute Gasteiger partial charge is 0.347 e. The number of hydrogen-bond acceptors (Lipinski definition) is 7. The van der Waals surface area contributed by atoms with Gasteiger partial charge in [0.1, 0.15) is 11.4 Å². The minimum Gasteiger partial charge on any atom is -0.379 e. The maximum Gasteiger partial charge on any atom is 0.347 e. The summed E-state index contributed by atoms with van der Waals surface area (Å²) in [5, 5.41) is 2.60. The van der Waals surface area contributed by atoms with Gasteiger partial charge in [-0.05, 0) is 24.3 Å². The van der Waals surface area contributed by atoms with Crippen molar-refractivity contribution in [3.05, 3.63) is 52.2 Å². The van der Waals surface area contributed by atoms with Crippen molar-refractivity contribution < 1.29 is 22.7 Å². The summed E-state index contributed by atoms with van der Waals surface area (Å²) < 4.78 is 33.4. The van der Waals surface area contributed by atoms with Crippen molar-refractivity contribution in [1.29, 1.82) is 0 Å². The van der Waals surface area contributed by atoms with Crippen LogP contribution < -0.4 is 11.0 Å². The highest BCUT2D eigenvalue weighted by atomic mass is 35.5. The van der Waals surface area contributed by atoms with Gasteiger partial charge in [0.05, 0.1) is 24.8 Å². The van der Waals surface area contributed by atoms with Crippen LogP contribution in [-0.4, -0.2) is 78.9 Å². The van der Waals surface area contributed by atoms with E-state index in [-0.39, 0.29) is 41.8 Å². The quantitative estimate of drug-likeness (QED) is 0.587. The molecule has 2 heterocycles. The number of halogens is 1. The Morgan fingerprint density at radius 2 is 2.00 bits per heavy atom. The van der Waals surface area contributed by atoms with Gasteiger partial charge in [0.2, 0.25) is 21.8 Å². The molecule has 1 aromatic carbocycles. The lowest BCUT2D eigenvalue weighted by Crippen LogP contribution is -2.40. The zero-order chi connectivity index (χ0) is 23.3. The molecule has 1 saturated heterocycles. The Morgan fingerprint density at radius 3 is 2.69 bits per heavy atom. The minimum atomic E-state index is -3.86. The maximum atomic E-state index is 12.9. The van der Waals surface area contributed by atoms with Gasteiger partial charge < -0.3 is 15.0 Å². The molecule has 2 amide bonds. The van der Waals surface area contributed by atoms with E-state index < -0.39 is 27.5 Å². The number of benzene rings is 1. The first kappa shape index (κ1) is 23.9. The van der Waals surface area contributed by atoms with Gasteiger partial charge >= 0.3 is 5.69 Å². The van der Waals surface area contributed by atoms with Crippen molar-refractivity contribution in [3.63, 3.8) is 0 Å². The van der Waals surface area contributed by atoms with E-state index in [4.69, 9.17) is 16.3 Å². The molecule has 32 heavy (non-hydrogen) atoms. The van der Waals surface area contributed by atoms with Gasteiger partial charge in [-0.15, -0.1) is 0 Å². The Balaban J connectivity index is 1.66. The first-order chi connectivity index (χ1) is 15.2. The Bertz CT molecular complexity index is 1160. The normalized spacial score (nSPS) is 14.7. The molecule has 1 aromatic heterocycles. The van der Waals surface area contributed by atoms with Crippen LogP contribution in [0.5, 0.6) is 0 Å². The van der Waals surface area contributed by atoms with E-state index in [0.29, 0.717) is 13.2 Å². The SMILES string of the molecule is CN(CC(=O)Nc1ccc(Cl)c(S(=O)(=O)N2CCOCC2)c1)C(=O)Cn1cccnc1=O. The van der Waals surface area contributed by atoms with E-state index in [1.165, 1.54) is 48.0 Å². The summed E-state index contributed by atoms with van der Waals surface area (Å²) >= 11 is 6.12. The van der Waals surface area contributed by atoms with Crippen molar-refractivity contribution >= 4 is 39.1 Å². The monoisotopic (exact) mass is 483 g/mol.